The van der Waals surface area contributed by atoms with Gasteiger partial charge in [0.25, 0.3) is 0 Å². The summed E-state index contributed by atoms with van der Waals surface area (Å²) in [5, 5.41) is 19.6. The molecule has 2 unspecified atom stereocenters. The third kappa shape index (κ3) is 3.38. The highest BCUT2D eigenvalue weighted by Crippen LogP contribution is 2.26. The number of esters is 1. The van der Waals surface area contributed by atoms with E-state index in [4.69, 9.17) is 5.73 Å². The van der Waals surface area contributed by atoms with E-state index in [-0.39, 0.29) is 5.69 Å². The summed E-state index contributed by atoms with van der Waals surface area (Å²) in [6.07, 6.45) is -1.68. The minimum absolute atomic E-state index is 0.239. The van der Waals surface area contributed by atoms with Gasteiger partial charge in [-0.15, -0.1) is 0 Å². The molecule has 0 saturated carbocycles. The molecule has 0 amide bonds. The van der Waals surface area contributed by atoms with Gasteiger partial charge in [0.2, 0.25) is 0 Å². The first kappa shape index (κ1) is 14.8. The number of hydrogen-bond donors (Lipinski definition) is 4. The average molecular weight is 271 g/mol. The van der Waals surface area contributed by atoms with Gasteiger partial charge in [-0.1, -0.05) is 6.07 Å². The number of aliphatic hydroxyl groups is 2. The highest BCUT2D eigenvalue weighted by Gasteiger charge is 2.20. The number of hydrogen-bond acceptors (Lipinski definition) is 6. The highest BCUT2D eigenvalue weighted by molar-refractivity contribution is 7.80. The predicted molar refractivity (Wildman–Crippen MR) is 71.6 cm³/mol. The zero-order valence-corrected chi connectivity index (χ0v) is 10.9. The summed E-state index contributed by atoms with van der Waals surface area (Å²) in [6, 6.07) is 4.42. The van der Waals surface area contributed by atoms with Crippen LogP contribution in [0.25, 0.3) is 0 Å². The number of benzene rings is 1. The van der Waals surface area contributed by atoms with E-state index in [0.717, 1.165) is 0 Å². The van der Waals surface area contributed by atoms with Crippen molar-refractivity contribution in [2.75, 3.05) is 18.6 Å². The second kappa shape index (κ2) is 6.63. The SMILES string of the molecule is COC(=O)c1ccc(C(O)C(O)CCS)c(N)c1. The van der Waals surface area contributed by atoms with Crippen LogP contribution in [0.5, 0.6) is 0 Å². The quantitative estimate of drug-likeness (QED) is 0.360. The van der Waals surface area contributed by atoms with Crippen LogP contribution in [0, 0.1) is 0 Å². The number of ether oxygens (including phenoxy) is 1. The van der Waals surface area contributed by atoms with Crippen LogP contribution in [0.2, 0.25) is 0 Å². The van der Waals surface area contributed by atoms with Crippen molar-refractivity contribution in [1.82, 2.24) is 0 Å². The number of carbonyl (C=O) groups excluding carboxylic acids is 1. The van der Waals surface area contributed by atoms with Crippen molar-refractivity contribution in [2.45, 2.75) is 18.6 Å². The molecule has 4 N–H and O–H groups in total. The number of methoxy groups -OCH3 is 1. The number of rotatable bonds is 5. The smallest absolute Gasteiger partial charge is 0.337 e. The molecule has 18 heavy (non-hydrogen) atoms. The van der Waals surface area contributed by atoms with Crippen LogP contribution in [0.3, 0.4) is 0 Å². The zero-order chi connectivity index (χ0) is 13.7. The van der Waals surface area contributed by atoms with Gasteiger partial charge >= 0.3 is 5.97 Å². The van der Waals surface area contributed by atoms with Crippen LogP contribution in [-0.2, 0) is 4.74 Å². The molecule has 0 aliphatic rings. The third-order valence-corrected chi connectivity index (χ3v) is 2.87. The molecule has 1 rings (SSSR count). The molecule has 5 nitrogen and oxygen atoms in total. The Balaban J connectivity index is 2.94. The second-order valence-electron chi connectivity index (χ2n) is 3.86. The Bertz CT molecular complexity index is 425. The van der Waals surface area contributed by atoms with Gasteiger partial charge in [-0.05, 0) is 24.3 Å². The van der Waals surface area contributed by atoms with Crippen LogP contribution < -0.4 is 5.73 Å². The molecule has 1 aromatic rings. The summed E-state index contributed by atoms with van der Waals surface area (Å²) in [6.45, 7) is 0. The average Bonchev–Trinajstić information content (AvgIpc) is 2.37. The summed E-state index contributed by atoms with van der Waals surface area (Å²) in [7, 11) is 1.28. The normalized spacial score (nSPS) is 14.0. The highest BCUT2D eigenvalue weighted by atomic mass is 32.1. The molecule has 0 spiro atoms. The summed E-state index contributed by atoms with van der Waals surface area (Å²) in [4.78, 5) is 11.3. The molecule has 0 fully saturated rings. The van der Waals surface area contributed by atoms with Crippen LogP contribution in [-0.4, -0.2) is 35.1 Å². The first-order valence-corrected chi connectivity index (χ1v) is 6.09. The Morgan fingerprint density at radius 1 is 1.50 bits per heavy atom. The molecule has 0 saturated heterocycles. The lowest BCUT2D eigenvalue weighted by atomic mass is 9.99. The molecule has 0 aliphatic heterocycles. The number of anilines is 1. The lowest BCUT2D eigenvalue weighted by molar-refractivity contribution is 0.0176. The van der Waals surface area contributed by atoms with Crippen molar-refractivity contribution in [2.24, 2.45) is 0 Å². The maximum absolute atomic E-state index is 11.3. The van der Waals surface area contributed by atoms with Crippen molar-refractivity contribution in [1.29, 1.82) is 0 Å². The van der Waals surface area contributed by atoms with Gasteiger partial charge in [0.05, 0.1) is 18.8 Å². The lowest BCUT2D eigenvalue weighted by Gasteiger charge is -2.19. The standard InChI is InChI=1S/C12H17NO4S/c1-17-12(16)7-2-3-8(9(13)6-7)11(15)10(14)4-5-18/h2-3,6,10-11,14-15,18H,4-5,13H2,1H3. The van der Waals surface area contributed by atoms with Crippen LogP contribution >= 0.6 is 12.6 Å². The summed E-state index contributed by atoms with van der Waals surface area (Å²) in [5.41, 5.74) is 6.68. The Morgan fingerprint density at radius 2 is 2.17 bits per heavy atom. The Kier molecular flexibility index (Phi) is 5.46. The maximum atomic E-state index is 11.3. The fourth-order valence-electron chi connectivity index (χ4n) is 1.59. The zero-order valence-electron chi connectivity index (χ0n) is 10.0. The minimum atomic E-state index is -1.09. The predicted octanol–water partition coefficient (Wildman–Crippen LogP) is 0.770. The van der Waals surface area contributed by atoms with E-state index in [2.05, 4.69) is 17.4 Å². The second-order valence-corrected chi connectivity index (χ2v) is 4.31. The van der Waals surface area contributed by atoms with Gasteiger partial charge in [0, 0.05) is 11.3 Å². The first-order valence-electron chi connectivity index (χ1n) is 5.46. The van der Waals surface area contributed by atoms with E-state index < -0.39 is 18.2 Å². The molecule has 2 atom stereocenters. The summed E-state index contributed by atoms with van der Waals surface area (Å²) >= 11 is 3.99. The largest absolute Gasteiger partial charge is 0.465 e. The van der Waals surface area contributed by atoms with Crippen molar-refractivity contribution >= 4 is 24.3 Å². The molecule has 0 radical (unpaired) electrons. The van der Waals surface area contributed by atoms with Crippen molar-refractivity contribution in [3.05, 3.63) is 29.3 Å². The Morgan fingerprint density at radius 3 is 2.67 bits per heavy atom. The van der Waals surface area contributed by atoms with Crippen molar-refractivity contribution in [3.8, 4) is 0 Å². The van der Waals surface area contributed by atoms with Gasteiger partial charge in [-0.3, -0.25) is 0 Å². The number of nitrogen functional groups attached to an aromatic ring is 1. The monoisotopic (exact) mass is 271 g/mol. The van der Waals surface area contributed by atoms with Crippen LogP contribution in [0.15, 0.2) is 18.2 Å². The van der Waals surface area contributed by atoms with E-state index in [1.807, 2.05) is 0 Å². The Hall–Kier alpha value is -1.24. The molecule has 0 aromatic heterocycles. The number of carbonyl (C=O) groups is 1. The fourth-order valence-corrected chi connectivity index (χ4v) is 1.85. The van der Waals surface area contributed by atoms with Gasteiger partial charge in [-0.2, -0.15) is 12.6 Å². The Labute approximate surface area is 111 Å². The third-order valence-electron chi connectivity index (χ3n) is 2.62. The van der Waals surface area contributed by atoms with Crippen LogP contribution in [0.1, 0.15) is 28.4 Å². The minimum Gasteiger partial charge on any atom is -0.465 e. The summed E-state index contributed by atoms with van der Waals surface area (Å²) < 4.78 is 4.56. The molecule has 0 bridgehead atoms. The van der Waals surface area contributed by atoms with E-state index in [0.29, 0.717) is 23.3 Å². The van der Waals surface area contributed by atoms with Gasteiger partial charge < -0.3 is 20.7 Å². The molecule has 0 aliphatic carbocycles. The van der Waals surface area contributed by atoms with E-state index in [9.17, 15) is 15.0 Å². The molecule has 100 valence electrons. The van der Waals surface area contributed by atoms with Gasteiger partial charge in [-0.25, -0.2) is 4.79 Å². The molecular weight excluding hydrogens is 254 g/mol. The summed E-state index contributed by atoms with van der Waals surface area (Å²) in [5.74, 6) is -0.0445. The number of nitrogens with two attached hydrogens (primary N) is 1. The van der Waals surface area contributed by atoms with Gasteiger partial charge in [0.15, 0.2) is 0 Å². The van der Waals surface area contributed by atoms with Crippen LogP contribution in [0.4, 0.5) is 5.69 Å². The molecular formula is C12H17NO4S. The molecule has 0 heterocycles. The van der Waals surface area contributed by atoms with Crippen molar-refractivity contribution in [3.63, 3.8) is 0 Å². The first-order chi connectivity index (χ1) is 8.51. The van der Waals surface area contributed by atoms with Gasteiger partial charge in [0.1, 0.15) is 6.10 Å². The number of thiol groups is 1. The lowest BCUT2D eigenvalue weighted by Crippen LogP contribution is -2.20. The van der Waals surface area contributed by atoms with E-state index in [1.54, 1.807) is 0 Å². The van der Waals surface area contributed by atoms with Crippen molar-refractivity contribution < 1.29 is 19.7 Å². The molecule has 1 aromatic carbocycles. The topological polar surface area (TPSA) is 92.8 Å². The van der Waals surface area contributed by atoms with E-state index in [1.165, 1.54) is 25.3 Å². The maximum Gasteiger partial charge on any atom is 0.337 e. The number of aliphatic hydroxyl groups excluding tert-OH is 2. The molecule has 6 heteroatoms. The van der Waals surface area contributed by atoms with E-state index >= 15 is 0 Å². The fraction of sp³-hybridized carbons (Fsp3) is 0.417.